The second-order valence-electron chi connectivity index (χ2n) is 8.62. The summed E-state index contributed by atoms with van der Waals surface area (Å²) in [6.45, 7) is 12.6. The summed E-state index contributed by atoms with van der Waals surface area (Å²) in [6.07, 6.45) is -0.392. The lowest BCUT2D eigenvalue weighted by atomic mass is 9.76. The van der Waals surface area contributed by atoms with E-state index in [-0.39, 0.29) is 0 Å². The molecule has 0 atom stereocenters. The molecule has 1 amide bonds. The first kappa shape index (κ1) is 22.5. The highest BCUT2D eigenvalue weighted by Gasteiger charge is 2.39. The fourth-order valence-corrected chi connectivity index (χ4v) is 1.96. The summed E-state index contributed by atoms with van der Waals surface area (Å²) < 4.78 is 10.9. The van der Waals surface area contributed by atoms with Crippen molar-refractivity contribution in [1.29, 1.82) is 0 Å². The predicted octanol–water partition coefficient (Wildman–Crippen LogP) is 2.31. The van der Waals surface area contributed by atoms with Crippen molar-refractivity contribution in [1.82, 2.24) is 4.90 Å². The highest BCUT2D eigenvalue weighted by atomic mass is 16.6. The molecule has 0 aliphatic heterocycles. The third kappa shape index (κ3) is 6.63. The Balaban J connectivity index is 2.72. The van der Waals surface area contributed by atoms with Gasteiger partial charge in [-0.2, -0.15) is 0 Å². The van der Waals surface area contributed by atoms with Gasteiger partial charge in [0, 0.05) is 13.6 Å². The molecular weight excluding hydrogens is 333 g/mol. The van der Waals surface area contributed by atoms with Gasteiger partial charge in [0.1, 0.15) is 5.60 Å². The third-order valence-corrected chi connectivity index (χ3v) is 4.27. The summed E-state index contributed by atoms with van der Waals surface area (Å²) in [4.78, 5) is 13.5. The Kier molecular flexibility index (Phi) is 6.90. The van der Waals surface area contributed by atoms with Crippen LogP contribution >= 0.6 is 0 Å². The fourth-order valence-electron chi connectivity index (χ4n) is 1.96. The van der Waals surface area contributed by atoms with Crippen molar-refractivity contribution < 1.29 is 24.3 Å². The quantitative estimate of drug-likeness (QED) is 0.757. The van der Waals surface area contributed by atoms with Crippen LogP contribution in [0.2, 0.25) is 0 Å². The molecular formula is C19H32BNO5. The average molecular weight is 365 g/mol. The van der Waals surface area contributed by atoms with Gasteiger partial charge in [0.15, 0.2) is 0 Å². The number of hydrogen-bond acceptors (Lipinski definition) is 5. The lowest BCUT2D eigenvalue weighted by Crippen LogP contribution is -2.53. The van der Waals surface area contributed by atoms with Gasteiger partial charge < -0.3 is 24.4 Å². The highest BCUT2D eigenvalue weighted by molar-refractivity contribution is 6.60. The van der Waals surface area contributed by atoms with Gasteiger partial charge >= 0.3 is 13.2 Å². The van der Waals surface area contributed by atoms with Crippen LogP contribution < -0.4 is 5.46 Å². The molecule has 0 aliphatic rings. The molecule has 6 nitrogen and oxygen atoms in total. The largest absolute Gasteiger partial charge is 0.491 e. The summed E-state index contributed by atoms with van der Waals surface area (Å²) in [5.74, 6) is 0. The molecule has 0 spiro atoms. The first-order valence-corrected chi connectivity index (χ1v) is 8.73. The highest BCUT2D eigenvalue weighted by Crippen LogP contribution is 2.25. The zero-order chi connectivity index (χ0) is 20.3. The van der Waals surface area contributed by atoms with Gasteiger partial charge in [-0.05, 0) is 59.5 Å². The van der Waals surface area contributed by atoms with Crippen molar-refractivity contribution in [2.24, 2.45) is 0 Å². The smallest absolute Gasteiger partial charge is 0.444 e. The molecule has 2 N–H and O–H groups in total. The average Bonchev–Trinajstić information content (AvgIpc) is 2.44. The topological polar surface area (TPSA) is 79.2 Å². The van der Waals surface area contributed by atoms with Gasteiger partial charge in [0.25, 0.3) is 0 Å². The van der Waals surface area contributed by atoms with Gasteiger partial charge in [-0.3, -0.25) is 0 Å². The van der Waals surface area contributed by atoms with E-state index in [0.29, 0.717) is 12.0 Å². The van der Waals surface area contributed by atoms with E-state index in [1.54, 1.807) is 46.9 Å². The van der Waals surface area contributed by atoms with Crippen LogP contribution in [0.1, 0.15) is 54.0 Å². The molecule has 0 aromatic heterocycles. The van der Waals surface area contributed by atoms with Gasteiger partial charge in [0.05, 0.1) is 11.2 Å². The predicted molar refractivity (Wildman–Crippen MR) is 103 cm³/mol. The first-order chi connectivity index (χ1) is 11.6. The number of carbonyl (C=O) groups excluding carboxylic acids is 1. The van der Waals surface area contributed by atoms with E-state index < -0.39 is 30.0 Å². The zero-order valence-electron chi connectivity index (χ0n) is 17.2. The minimum absolute atomic E-state index is 0.390. The molecule has 146 valence electrons. The van der Waals surface area contributed by atoms with Gasteiger partial charge in [0.2, 0.25) is 0 Å². The van der Waals surface area contributed by atoms with Crippen LogP contribution in [0.4, 0.5) is 4.79 Å². The van der Waals surface area contributed by atoms with E-state index in [2.05, 4.69) is 0 Å². The molecule has 0 bridgehead atoms. The van der Waals surface area contributed by atoms with Crippen molar-refractivity contribution in [2.75, 3.05) is 7.05 Å². The van der Waals surface area contributed by atoms with Crippen LogP contribution in [-0.2, 0) is 15.9 Å². The molecule has 26 heavy (non-hydrogen) atoms. The third-order valence-electron chi connectivity index (χ3n) is 4.27. The van der Waals surface area contributed by atoms with E-state index in [4.69, 9.17) is 9.39 Å². The normalized spacial score (nSPS) is 12.7. The SMILES string of the molecule is CN(Cc1ccc(B(O)OC(C)(C)C(C)(C)O)cc1)C(=O)OC(C)(C)C. The number of aliphatic hydroxyl groups is 1. The summed E-state index contributed by atoms with van der Waals surface area (Å²) in [5.41, 5.74) is -1.10. The zero-order valence-corrected chi connectivity index (χ0v) is 17.2. The van der Waals surface area contributed by atoms with Crippen LogP contribution in [0, 0.1) is 0 Å². The number of amides is 1. The molecule has 0 unspecified atom stereocenters. The van der Waals surface area contributed by atoms with Crippen LogP contribution in [-0.4, -0.2) is 52.1 Å². The van der Waals surface area contributed by atoms with E-state index in [1.165, 1.54) is 4.90 Å². The Bertz CT molecular complexity index is 602. The first-order valence-electron chi connectivity index (χ1n) is 8.73. The second kappa shape index (κ2) is 7.98. The summed E-state index contributed by atoms with van der Waals surface area (Å²) in [6, 6.07) is 7.12. The maximum absolute atomic E-state index is 12.0. The second-order valence-corrected chi connectivity index (χ2v) is 8.62. The fraction of sp³-hybridized carbons (Fsp3) is 0.632. The molecule has 1 aromatic carbocycles. The number of rotatable bonds is 6. The number of ether oxygens (including phenoxy) is 1. The summed E-state index contributed by atoms with van der Waals surface area (Å²) >= 11 is 0. The van der Waals surface area contributed by atoms with E-state index >= 15 is 0 Å². The maximum Gasteiger partial charge on any atom is 0.491 e. The van der Waals surface area contributed by atoms with Gasteiger partial charge in [-0.15, -0.1) is 0 Å². The van der Waals surface area contributed by atoms with Crippen LogP contribution in [0.3, 0.4) is 0 Å². The summed E-state index contributed by atoms with van der Waals surface area (Å²) in [5, 5.41) is 20.4. The molecule has 0 saturated carbocycles. The van der Waals surface area contributed by atoms with E-state index in [9.17, 15) is 14.9 Å². The minimum atomic E-state index is -1.16. The minimum Gasteiger partial charge on any atom is -0.444 e. The lowest BCUT2D eigenvalue weighted by Gasteiger charge is -2.38. The Morgan fingerprint density at radius 1 is 1.08 bits per heavy atom. The number of hydrogen-bond donors (Lipinski definition) is 2. The molecule has 1 rings (SSSR count). The molecule has 7 heteroatoms. The van der Waals surface area contributed by atoms with Gasteiger partial charge in [-0.1, -0.05) is 24.3 Å². The summed E-state index contributed by atoms with van der Waals surface area (Å²) in [7, 11) is 0.514. The van der Waals surface area contributed by atoms with Crippen molar-refractivity contribution in [3.8, 4) is 0 Å². The van der Waals surface area contributed by atoms with Crippen molar-refractivity contribution in [2.45, 2.75) is 71.8 Å². The van der Waals surface area contributed by atoms with Crippen LogP contribution in [0.25, 0.3) is 0 Å². The van der Waals surface area contributed by atoms with Crippen LogP contribution in [0.5, 0.6) is 0 Å². The molecule has 0 heterocycles. The number of carbonyl (C=O) groups is 1. The standard InChI is InChI=1S/C19H32BNO5/c1-17(2,3)25-16(22)21(8)13-14-9-11-15(12-10-14)20(24)26-19(6,7)18(4,5)23/h9-12,23-24H,13H2,1-8H3. The number of nitrogens with zero attached hydrogens (tertiary/aromatic N) is 1. The molecule has 0 saturated heterocycles. The van der Waals surface area contributed by atoms with E-state index in [1.807, 2.05) is 32.9 Å². The van der Waals surface area contributed by atoms with Crippen molar-refractivity contribution in [3.63, 3.8) is 0 Å². The molecule has 0 radical (unpaired) electrons. The van der Waals surface area contributed by atoms with E-state index in [0.717, 1.165) is 5.56 Å². The van der Waals surface area contributed by atoms with Gasteiger partial charge in [-0.25, -0.2) is 4.79 Å². The van der Waals surface area contributed by atoms with Crippen molar-refractivity contribution in [3.05, 3.63) is 29.8 Å². The lowest BCUT2D eigenvalue weighted by molar-refractivity contribution is -0.0982. The molecule has 0 fully saturated rings. The van der Waals surface area contributed by atoms with Crippen LogP contribution in [0.15, 0.2) is 24.3 Å². The Morgan fingerprint density at radius 3 is 2.00 bits per heavy atom. The maximum atomic E-state index is 12.0. The molecule has 1 aromatic rings. The molecule has 0 aliphatic carbocycles. The monoisotopic (exact) mass is 365 g/mol. The number of benzene rings is 1. The Labute approximate surface area is 157 Å². The Morgan fingerprint density at radius 2 is 1.58 bits per heavy atom. The van der Waals surface area contributed by atoms with Crippen molar-refractivity contribution >= 4 is 18.7 Å². The Hall–Kier alpha value is -1.57.